The molecule has 2 N–H and O–H groups in total. The minimum Gasteiger partial charge on any atom is -0.484 e. The van der Waals surface area contributed by atoms with Crippen LogP contribution >= 0.6 is 0 Å². The number of aromatic nitrogens is 2. The van der Waals surface area contributed by atoms with Crippen molar-refractivity contribution in [3.8, 4) is 5.75 Å². The average molecular weight is 396 g/mol. The van der Waals surface area contributed by atoms with Crippen molar-refractivity contribution in [1.82, 2.24) is 20.4 Å². The number of aryl methyl sites for hydroxylation is 1. The SMILES string of the molecule is Cc1ccc(CNC(=O)c2ccn(C3CCCNC3)n2)c(OCC(F)(F)F)c1. The van der Waals surface area contributed by atoms with E-state index in [2.05, 4.69) is 15.7 Å². The molecule has 1 aromatic heterocycles. The van der Waals surface area contributed by atoms with Crippen LogP contribution in [0.1, 0.15) is 40.5 Å². The van der Waals surface area contributed by atoms with Gasteiger partial charge in [-0.2, -0.15) is 18.3 Å². The lowest BCUT2D eigenvalue weighted by atomic mass is 10.1. The molecular weight excluding hydrogens is 373 g/mol. The number of hydrogen-bond donors (Lipinski definition) is 2. The van der Waals surface area contributed by atoms with Crippen LogP contribution in [0.25, 0.3) is 0 Å². The molecule has 3 rings (SSSR count). The second-order valence-electron chi connectivity index (χ2n) is 6.88. The van der Waals surface area contributed by atoms with E-state index in [0.29, 0.717) is 5.56 Å². The number of benzene rings is 1. The van der Waals surface area contributed by atoms with Gasteiger partial charge >= 0.3 is 6.18 Å². The van der Waals surface area contributed by atoms with Crippen molar-refractivity contribution in [3.05, 3.63) is 47.3 Å². The van der Waals surface area contributed by atoms with Gasteiger partial charge in [0.25, 0.3) is 5.91 Å². The number of nitrogens with zero attached hydrogens (tertiary/aromatic N) is 2. The third-order valence-electron chi connectivity index (χ3n) is 4.54. The van der Waals surface area contributed by atoms with Gasteiger partial charge in [-0.1, -0.05) is 12.1 Å². The van der Waals surface area contributed by atoms with Crippen LogP contribution < -0.4 is 15.4 Å². The smallest absolute Gasteiger partial charge is 0.422 e. The molecule has 0 aliphatic carbocycles. The van der Waals surface area contributed by atoms with Gasteiger partial charge in [-0.05, 0) is 44.0 Å². The second kappa shape index (κ2) is 8.64. The molecule has 1 aliphatic heterocycles. The molecule has 1 fully saturated rings. The molecule has 2 heterocycles. The van der Waals surface area contributed by atoms with E-state index in [4.69, 9.17) is 4.74 Å². The Morgan fingerprint density at radius 3 is 2.93 bits per heavy atom. The molecule has 1 aliphatic rings. The molecule has 0 spiro atoms. The van der Waals surface area contributed by atoms with E-state index >= 15 is 0 Å². The monoisotopic (exact) mass is 396 g/mol. The molecule has 28 heavy (non-hydrogen) atoms. The van der Waals surface area contributed by atoms with Crippen molar-refractivity contribution in [3.63, 3.8) is 0 Å². The van der Waals surface area contributed by atoms with Crippen molar-refractivity contribution in [2.45, 2.75) is 38.5 Å². The summed E-state index contributed by atoms with van der Waals surface area (Å²) in [6, 6.07) is 6.79. The zero-order valence-corrected chi connectivity index (χ0v) is 15.6. The van der Waals surface area contributed by atoms with Gasteiger partial charge in [0.2, 0.25) is 0 Å². The van der Waals surface area contributed by atoms with E-state index in [9.17, 15) is 18.0 Å². The highest BCUT2D eigenvalue weighted by Crippen LogP contribution is 2.24. The quantitative estimate of drug-likeness (QED) is 0.788. The Balaban J connectivity index is 1.62. The number of ether oxygens (including phenoxy) is 1. The first-order chi connectivity index (χ1) is 13.3. The van der Waals surface area contributed by atoms with Crippen molar-refractivity contribution in [1.29, 1.82) is 0 Å². The third-order valence-corrected chi connectivity index (χ3v) is 4.54. The molecule has 1 unspecified atom stereocenters. The van der Waals surface area contributed by atoms with Gasteiger partial charge in [0, 0.05) is 24.8 Å². The van der Waals surface area contributed by atoms with E-state index in [-0.39, 0.29) is 29.9 Å². The number of carbonyl (C=O) groups excluding carboxylic acids is 1. The minimum absolute atomic E-state index is 0.0458. The second-order valence-corrected chi connectivity index (χ2v) is 6.88. The summed E-state index contributed by atoms with van der Waals surface area (Å²) < 4.78 is 44.0. The maximum absolute atomic E-state index is 12.5. The first-order valence-electron chi connectivity index (χ1n) is 9.15. The Morgan fingerprint density at radius 1 is 1.39 bits per heavy atom. The number of alkyl halides is 3. The maximum atomic E-state index is 12.5. The van der Waals surface area contributed by atoms with Crippen LogP contribution in [0.2, 0.25) is 0 Å². The van der Waals surface area contributed by atoms with Gasteiger partial charge < -0.3 is 15.4 Å². The molecule has 1 saturated heterocycles. The maximum Gasteiger partial charge on any atom is 0.422 e. The summed E-state index contributed by atoms with van der Waals surface area (Å²) in [7, 11) is 0. The third kappa shape index (κ3) is 5.48. The fourth-order valence-electron chi connectivity index (χ4n) is 3.09. The summed E-state index contributed by atoms with van der Waals surface area (Å²) in [6.45, 7) is 2.23. The predicted molar refractivity (Wildman–Crippen MR) is 97.3 cm³/mol. The predicted octanol–water partition coefficient (Wildman–Crippen LogP) is 2.99. The Hall–Kier alpha value is -2.55. The molecule has 0 bridgehead atoms. The lowest BCUT2D eigenvalue weighted by Gasteiger charge is -2.22. The van der Waals surface area contributed by atoms with E-state index < -0.39 is 12.8 Å². The van der Waals surface area contributed by atoms with Gasteiger partial charge in [-0.3, -0.25) is 9.48 Å². The number of hydrogen-bond acceptors (Lipinski definition) is 4. The first-order valence-corrected chi connectivity index (χ1v) is 9.15. The van der Waals surface area contributed by atoms with Crippen LogP contribution in [-0.4, -0.2) is 41.6 Å². The summed E-state index contributed by atoms with van der Waals surface area (Å²) >= 11 is 0. The highest BCUT2D eigenvalue weighted by atomic mass is 19.4. The fourth-order valence-corrected chi connectivity index (χ4v) is 3.09. The van der Waals surface area contributed by atoms with E-state index in [1.807, 2.05) is 0 Å². The number of rotatable bonds is 6. The Labute approximate surface area is 161 Å². The Morgan fingerprint density at radius 2 is 2.21 bits per heavy atom. The highest BCUT2D eigenvalue weighted by Gasteiger charge is 2.29. The molecule has 2 aromatic rings. The lowest BCUT2D eigenvalue weighted by Crippen LogP contribution is -2.32. The summed E-state index contributed by atoms with van der Waals surface area (Å²) in [5, 5.41) is 10.3. The topological polar surface area (TPSA) is 68.2 Å². The number of halogens is 3. The largest absolute Gasteiger partial charge is 0.484 e. The highest BCUT2D eigenvalue weighted by molar-refractivity contribution is 5.92. The van der Waals surface area contributed by atoms with Crippen molar-refractivity contribution < 1.29 is 22.7 Å². The molecule has 6 nitrogen and oxygen atoms in total. The van der Waals surface area contributed by atoms with E-state index in [1.54, 1.807) is 36.0 Å². The van der Waals surface area contributed by atoms with Crippen molar-refractivity contribution in [2.75, 3.05) is 19.7 Å². The lowest BCUT2D eigenvalue weighted by molar-refractivity contribution is -0.153. The molecule has 9 heteroatoms. The van der Waals surface area contributed by atoms with Crippen molar-refractivity contribution >= 4 is 5.91 Å². The van der Waals surface area contributed by atoms with Gasteiger partial charge in [-0.25, -0.2) is 0 Å². The minimum atomic E-state index is -4.43. The van der Waals surface area contributed by atoms with Gasteiger partial charge in [-0.15, -0.1) is 0 Å². The number of amides is 1. The van der Waals surface area contributed by atoms with Crippen LogP contribution in [0.5, 0.6) is 5.75 Å². The number of carbonyl (C=O) groups is 1. The summed E-state index contributed by atoms with van der Waals surface area (Å²) in [4.78, 5) is 12.4. The van der Waals surface area contributed by atoms with Crippen LogP contribution in [0.4, 0.5) is 13.2 Å². The summed E-state index contributed by atoms with van der Waals surface area (Å²) in [5.74, 6) is -0.277. The molecule has 1 amide bonds. The fraction of sp³-hybridized carbons (Fsp3) is 0.474. The summed E-state index contributed by atoms with van der Waals surface area (Å²) in [6.07, 6.45) is -0.597. The van der Waals surface area contributed by atoms with Crippen LogP contribution in [0.3, 0.4) is 0 Å². The zero-order chi connectivity index (χ0) is 20.1. The van der Waals surface area contributed by atoms with E-state index in [0.717, 1.165) is 31.5 Å². The first kappa shape index (κ1) is 20.2. The normalized spacial score (nSPS) is 17.4. The molecule has 1 aromatic carbocycles. The zero-order valence-electron chi connectivity index (χ0n) is 15.6. The molecule has 0 radical (unpaired) electrons. The van der Waals surface area contributed by atoms with Crippen LogP contribution in [0, 0.1) is 6.92 Å². The molecular formula is C19H23F3N4O2. The van der Waals surface area contributed by atoms with Gasteiger partial charge in [0.1, 0.15) is 11.4 Å². The standard InChI is InChI=1S/C19H23F3N4O2/c1-13-4-5-14(17(9-13)28-12-19(20,21)22)10-24-18(27)16-6-8-26(25-16)15-3-2-7-23-11-15/h4-6,8-9,15,23H,2-3,7,10-12H2,1H3,(H,24,27). The Bertz CT molecular complexity index is 814. The molecule has 0 saturated carbocycles. The van der Waals surface area contributed by atoms with Crippen molar-refractivity contribution in [2.24, 2.45) is 0 Å². The Kier molecular flexibility index (Phi) is 6.23. The van der Waals surface area contributed by atoms with Crippen LogP contribution in [-0.2, 0) is 6.54 Å². The summed E-state index contributed by atoms with van der Waals surface area (Å²) in [5.41, 5.74) is 1.52. The number of nitrogens with one attached hydrogen (secondary N) is 2. The number of piperidine rings is 1. The van der Waals surface area contributed by atoms with Gasteiger partial charge in [0.05, 0.1) is 6.04 Å². The average Bonchev–Trinajstić information content (AvgIpc) is 3.16. The van der Waals surface area contributed by atoms with E-state index in [1.165, 1.54) is 6.07 Å². The molecule has 1 atom stereocenters. The van der Waals surface area contributed by atoms with Gasteiger partial charge in [0.15, 0.2) is 6.61 Å². The molecule has 152 valence electrons. The van der Waals surface area contributed by atoms with Crippen LogP contribution in [0.15, 0.2) is 30.5 Å².